The second-order valence-electron chi connectivity index (χ2n) is 7.28. The van der Waals surface area contributed by atoms with E-state index in [1.165, 1.54) is 0 Å². The summed E-state index contributed by atoms with van der Waals surface area (Å²) in [4.78, 5) is 26.2. The van der Waals surface area contributed by atoms with Gasteiger partial charge in [-0.25, -0.2) is 9.97 Å². The van der Waals surface area contributed by atoms with Crippen LogP contribution in [0.5, 0.6) is 0 Å². The van der Waals surface area contributed by atoms with E-state index >= 15 is 0 Å². The van der Waals surface area contributed by atoms with Crippen molar-refractivity contribution in [2.24, 2.45) is 0 Å². The Morgan fingerprint density at radius 1 is 1.07 bits per heavy atom. The van der Waals surface area contributed by atoms with Crippen LogP contribution in [0, 0.1) is 0 Å². The van der Waals surface area contributed by atoms with E-state index in [2.05, 4.69) is 32.7 Å². The summed E-state index contributed by atoms with van der Waals surface area (Å²) in [6.45, 7) is 3.07. The lowest BCUT2D eigenvalue weighted by molar-refractivity contribution is -0.126. The summed E-state index contributed by atoms with van der Waals surface area (Å²) in [6.07, 6.45) is 6.87. The summed E-state index contributed by atoms with van der Waals surface area (Å²) in [6, 6.07) is 13.9. The molecule has 142 valence electrons. The van der Waals surface area contributed by atoms with Gasteiger partial charge in [0.2, 0.25) is 11.9 Å². The summed E-state index contributed by atoms with van der Waals surface area (Å²) in [7, 11) is 0. The molecule has 2 N–H and O–H groups in total. The van der Waals surface area contributed by atoms with E-state index in [4.69, 9.17) is 4.98 Å². The van der Waals surface area contributed by atoms with Crippen molar-refractivity contribution in [3.05, 3.63) is 83.4 Å². The molecule has 1 aliphatic carbocycles. The molecule has 6 heteroatoms. The molecule has 4 rings (SSSR count). The Morgan fingerprint density at radius 2 is 1.89 bits per heavy atom. The zero-order valence-electron chi connectivity index (χ0n) is 15.9. The maximum Gasteiger partial charge on any atom is 0.232 e. The number of hydrogen-bond donors (Lipinski definition) is 2. The summed E-state index contributed by atoms with van der Waals surface area (Å²) in [5.74, 6) is 0.540. The molecule has 1 unspecified atom stereocenters. The number of carbonyl (C=O) groups is 1. The van der Waals surface area contributed by atoms with E-state index in [0.717, 1.165) is 35.2 Å². The van der Waals surface area contributed by atoms with Crippen molar-refractivity contribution < 1.29 is 4.79 Å². The highest BCUT2D eigenvalue weighted by molar-refractivity contribution is 5.88. The molecule has 0 fully saturated rings. The summed E-state index contributed by atoms with van der Waals surface area (Å²) >= 11 is 0. The van der Waals surface area contributed by atoms with Gasteiger partial charge in [-0.1, -0.05) is 36.4 Å². The van der Waals surface area contributed by atoms with Crippen molar-refractivity contribution in [2.75, 3.05) is 5.32 Å². The second-order valence-corrected chi connectivity index (χ2v) is 7.28. The van der Waals surface area contributed by atoms with Gasteiger partial charge in [-0.05, 0) is 42.5 Å². The minimum Gasteiger partial charge on any atom is -0.351 e. The van der Waals surface area contributed by atoms with Crippen LogP contribution < -0.4 is 10.6 Å². The number of pyridine rings is 1. The largest absolute Gasteiger partial charge is 0.351 e. The van der Waals surface area contributed by atoms with Crippen LogP contribution in [0.2, 0.25) is 0 Å². The topological polar surface area (TPSA) is 79.8 Å². The van der Waals surface area contributed by atoms with Crippen molar-refractivity contribution in [3.8, 4) is 0 Å². The van der Waals surface area contributed by atoms with E-state index < -0.39 is 5.41 Å². The highest BCUT2D eigenvalue weighted by atomic mass is 16.2. The van der Waals surface area contributed by atoms with E-state index in [1.54, 1.807) is 12.4 Å². The average Bonchev–Trinajstić information content (AvgIpc) is 3.09. The molecule has 0 radical (unpaired) electrons. The van der Waals surface area contributed by atoms with Crippen LogP contribution in [-0.2, 0) is 29.7 Å². The van der Waals surface area contributed by atoms with Gasteiger partial charge in [0, 0.05) is 31.7 Å². The highest BCUT2D eigenvalue weighted by Gasteiger charge is 2.42. The Balaban J connectivity index is 1.47. The molecule has 3 aromatic rings. The van der Waals surface area contributed by atoms with Crippen LogP contribution in [0.1, 0.15) is 35.7 Å². The number of amides is 1. The maximum absolute atomic E-state index is 13.0. The molecule has 0 bridgehead atoms. The SMILES string of the molecule is CC1(C(=O)NCc2cccnc2)CCc2cnc(NCc3ccccc3)nc21. The van der Waals surface area contributed by atoms with E-state index in [0.29, 0.717) is 19.0 Å². The fourth-order valence-corrected chi connectivity index (χ4v) is 3.53. The Hall–Kier alpha value is -3.28. The minimum absolute atomic E-state index is 0.0113. The molecule has 6 nitrogen and oxygen atoms in total. The summed E-state index contributed by atoms with van der Waals surface area (Å²) in [5, 5.41) is 6.30. The van der Waals surface area contributed by atoms with Gasteiger partial charge in [-0.2, -0.15) is 0 Å². The van der Waals surface area contributed by atoms with Gasteiger partial charge in [-0.15, -0.1) is 0 Å². The van der Waals surface area contributed by atoms with E-state index in [-0.39, 0.29) is 5.91 Å². The number of nitrogens with zero attached hydrogens (tertiary/aromatic N) is 3. The van der Waals surface area contributed by atoms with Gasteiger partial charge in [-0.3, -0.25) is 9.78 Å². The zero-order valence-corrected chi connectivity index (χ0v) is 15.9. The number of carbonyl (C=O) groups excluding carboxylic acids is 1. The molecule has 1 amide bonds. The van der Waals surface area contributed by atoms with Crippen LogP contribution >= 0.6 is 0 Å². The van der Waals surface area contributed by atoms with Gasteiger partial charge >= 0.3 is 0 Å². The zero-order chi connectivity index (χ0) is 19.4. The number of hydrogen-bond acceptors (Lipinski definition) is 5. The predicted octanol–water partition coefficient (Wildman–Crippen LogP) is 3.00. The predicted molar refractivity (Wildman–Crippen MR) is 108 cm³/mol. The van der Waals surface area contributed by atoms with Crippen LogP contribution in [0.4, 0.5) is 5.95 Å². The lowest BCUT2D eigenvalue weighted by atomic mass is 9.86. The fraction of sp³-hybridized carbons (Fsp3) is 0.273. The van der Waals surface area contributed by atoms with Crippen molar-refractivity contribution in [2.45, 2.75) is 38.3 Å². The average molecular weight is 373 g/mol. The summed E-state index contributed by atoms with van der Waals surface area (Å²) in [5.41, 5.74) is 3.35. The molecule has 0 aliphatic heterocycles. The summed E-state index contributed by atoms with van der Waals surface area (Å²) < 4.78 is 0. The van der Waals surface area contributed by atoms with Gasteiger partial charge in [0.05, 0.1) is 11.1 Å². The first-order chi connectivity index (χ1) is 13.6. The fourth-order valence-electron chi connectivity index (χ4n) is 3.53. The molecule has 28 heavy (non-hydrogen) atoms. The first-order valence-electron chi connectivity index (χ1n) is 9.46. The molecule has 1 aliphatic rings. The smallest absolute Gasteiger partial charge is 0.232 e. The van der Waals surface area contributed by atoms with Crippen LogP contribution in [-0.4, -0.2) is 20.9 Å². The first-order valence-corrected chi connectivity index (χ1v) is 9.46. The van der Waals surface area contributed by atoms with Crippen LogP contribution in [0.15, 0.2) is 61.1 Å². The highest BCUT2D eigenvalue weighted by Crippen LogP contribution is 2.37. The minimum atomic E-state index is -0.649. The van der Waals surface area contributed by atoms with Gasteiger partial charge in [0.1, 0.15) is 0 Å². The Bertz CT molecular complexity index is 961. The standard InChI is InChI=1S/C22H23N5O/c1-22(20(28)24-14-17-8-5-11-23-12-17)10-9-18-15-26-21(27-19(18)22)25-13-16-6-3-2-4-7-16/h2-8,11-12,15H,9-10,13-14H2,1H3,(H,24,28)(H,25,26,27). The quantitative estimate of drug-likeness (QED) is 0.694. The van der Waals surface area contributed by atoms with Gasteiger partial charge in [0.25, 0.3) is 0 Å². The number of anilines is 1. The molecule has 0 saturated heterocycles. The third-order valence-corrected chi connectivity index (χ3v) is 5.25. The number of aromatic nitrogens is 3. The molecule has 1 atom stereocenters. The molecule has 2 heterocycles. The lowest BCUT2D eigenvalue weighted by Gasteiger charge is -2.23. The van der Waals surface area contributed by atoms with Crippen molar-refractivity contribution >= 4 is 11.9 Å². The van der Waals surface area contributed by atoms with Crippen LogP contribution in [0.25, 0.3) is 0 Å². The number of nitrogens with one attached hydrogen (secondary N) is 2. The van der Waals surface area contributed by atoms with Crippen molar-refractivity contribution in [1.29, 1.82) is 0 Å². The Kier molecular flexibility index (Phi) is 5.02. The third kappa shape index (κ3) is 3.71. The van der Waals surface area contributed by atoms with E-state index in [9.17, 15) is 4.79 Å². The maximum atomic E-state index is 13.0. The molecule has 0 spiro atoms. The molecular weight excluding hydrogens is 350 g/mol. The number of benzene rings is 1. The van der Waals surface area contributed by atoms with Crippen molar-refractivity contribution in [3.63, 3.8) is 0 Å². The molecule has 2 aromatic heterocycles. The Labute approximate surface area is 164 Å². The second kappa shape index (κ2) is 7.76. The van der Waals surface area contributed by atoms with E-state index in [1.807, 2.05) is 43.5 Å². The molecule has 1 aromatic carbocycles. The van der Waals surface area contributed by atoms with Crippen molar-refractivity contribution in [1.82, 2.24) is 20.3 Å². The monoisotopic (exact) mass is 373 g/mol. The molecular formula is C22H23N5O. The third-order valence-electron chi connectivity index (χ3n) is 5.25. The molecule has 0 saturated carbocycles. The first kappa shape index (κ1) is 18.1. The lowest BCUT2D eigenvalue weighted by Crippen LogP contribution is -2.41. The number of aryl methyl sites for hydroxylation is 1. The van der Waals surface area contributed by atoms with Gasteiger partial charge < -0.3 is 10.6 Å². The Morgan fingerprint density at radius 3 is 2.68 bits per heavy atom. The van der Waals surface area contributed by atoms with Gasteiger partial charge in [0.15, 0.2) is 0 Å². The number of fused-ring (bicyclic) bond motifs is 1. The number of rotatable bonds is 6. The van der Waals surface area contributed by atoms with Crippen LogP contribution in [0.3, 0.4) is 0 Å². The normalized spacial score (nSPS) is 17.8.